The van der Waals surface area contributed by atoms with Crippen molar-refractivity contribution in [1.29, 1.82) is 0 Å². The Hall–Kier alpha value is -1.32. The summed E-state index contributed by atoms with van der Waals surface area (Å²) in [6.07, 6.45) is 1.99. The van der Waals surface area contributed by atoms with Crippen LogP contribution in [0.15, 0.2) is 30.5 Å². The van der Waals surface area contributed by atoms with Gasteiger partial charge in [0, 0.05) is 29.7 Å². The highest BCUT2D eigenvalue weighted by Crippen LogP contribution is 2.21. The second-order valence-electron chi connectivity index (χ2n) is 3.45. The first-order chi connectivity index (χ1) is 6.83. The first kappa shape index (κ1) is 9.24. The van der Waals surface area contributed by atoms with Crippen molar-refractivity contribution >= 4 is 10.9 Å². The van der Waals surface area contributed by atoms with Gasteiger partial charge in [0.2, 0.25) is 0 Å². The highest BCUT2D eigenvalue weighted by molar-refractivity contribution is 5.83. The highest BCUT2D eigenvalue weighted by atomic mass is 14.9. The molecule has 74 valence electrons. The molecule has 0 amide bonds. The third-order valence-electron chi connectivity index (χ3n) is 2.44. The van der Waals surface area contributed by atoms with Gasteiger partial charge in [0.05, 0.1) is 0 Å². The molecule has 1 heterocycles. The third-order valence-corrected chi connectivity index (χ3v) is 2.44. The molecule has 2 rings (SSSR count). The van der Waals surface area contributed by atoms with Crippen molar-refractivity contribution in [3.63, 3.8) is 0 Å². The van der Waals surface area contributed by atoms with E-state index in [-0.39, 0.29) is 6.04 Å². The minimum absolute atomic E-state index is 0.0520. The second-order valence-corrected chi connectivity index (χ2v) is 3.45. The zero-order valence-corrected chi connectivity index (χ0v) is 8.25. The van der Waals surface area contributed by atoms with Gasteiger partial charge in [0.1, 0.15) is 0 Å². The number of H-pyrrole nitrogens is 1. The van der Waals surface area contributed by atoms with Crippen molar-refractivity contribution in [2.45, 2.75) is 6.04 Å². The van der Waals surface area contributed by atoms with Gasteiger partial charge in [0.15, 0.2) is 0 Å². The molecule has 3 heteroatoms. The number of nitrogens with two attached hydrogens (primary N) is 1. The molecule has 0 saturated heterocycles. The van der Waals surface area contributed by atoms with Crippen molar-refractivity contribution in [3.05, 3.63) is 36.0 Å². The maximum atomic E-state index is 6.03. The predicted molar refractivity (Wildman–Crippen MR) is 59.2 cm³/mol. The Kier molecular flexibility index (Phi) is 2.52. The zero-order valence-electron chi connectivity index (χ0n) is 8.25. The molecule has 1 aromatic heterocycles. The summed E-state index contributed by atoms with van der Waals surface area (Å²) in [6, 6.07) is 8.26. The molecule has 0 saturated carbocycles. The lowest BCUT2D eigenvalue weighted by molar-refractivity contribution is 0.657. The van der Waals surface area contributed by atoms with Crippen LogP contribution in [0.2, 0.25) is 0 Å². The van der Waals surface area contributed by atoms with Crippen LogP contribution in [0.25, 0.3) is 10.9 Å². The number of fused-ring (bicyclic) bond motifs is 1. The molecule has 14 heavy (non-hydrogen) atoms. The van der Waals surface area contributed by atoms with Gasteiger partial charge in [-0.25, -0.2) is 0 Å². The second kappa shape index (κ2) is 3.82. The third kappa shape index (κ3) is 1.52. The van der Waals surface area contributed by atoms with Gasteiger partial charge in [-0.05, 0) is 18.7 Å². The molecule has 0 aliphatic rings. The number of benzene rings is 1. The monoisotopic (exact) mass is 189 g/mol. The van der Waals surface area contributed by atoms with Gasteiger partial charge < -0.3 is 16.0 Å². The molecule has 1 unspecified atom stereocenters. The van der Waals surface area contributed by atoms with E-state index < -0.39 is 0 Å². The van der Waals surface area contributed by atoms with E-state index >= 15 is 0 Å². The van der Waals surface area contributed by atoms with Crippen LogP contribution in [0.1, 0.15) is 11.6 Å². The largest absolute Gasteiger partial charge is 0.361 e. The number of rotatable bonds is 3. The number of aromatic amines is 1. The average Bonchev–Trinajstić information content (AvgIpc) is 2.61. The van der Waals surface area contributed by atoms with Crippen LogP contribution in [0.4, 0.5) is 0 Å². The molecule has 0 fully saturated rings. The quantitative estimate of drug-likeness (QED) is 0.683. The fourth-order valence-corrected chi connectivity index (χ4v) is 1.73. The molecule has 4 N–H and O–H groups in total. The Morgan fingerprint density at radius 1 is 1.43 bits per heavy atom. The van der Waals surface area contributed by atoms with Crippen LogP contribution in [0, 0.1) is 0 Å². The first-order valence-electron chi connectivity index (χ1n) is 4.79. The lowest BCUT2D eigenvalue weighted by atomic mass is 10.1. The van der Waals surface area contributed by atoms with Crippen LogP contribution < -0.4 is 11.1 Å². The Balaban J connectivity index is 2.42. The minimum Gasteiger partial charge on any atom is -0.361 e. The molecule has 0 spiro atoms. The van der Waals surface area contributed by atoms with E-state index in [0.29, 0.717) is 0 Å². The number of aromatic nitrogens is 1. The lowest BCUT2D eigenvalue weighted by Gasteiger charge is -2.09. The Morgan fingerprint density at radius 3 is 3.00 bits per heavy atom. The number of hydrogen-bond donors (Lipinski definition) is 3. The molecule has 3 nitrogen and oxygen atoms in total. The van der Waals surface area contributed by atoms with Crippen molar-refractivity contribution < 1.29 is 0 Å². The first-order valence-corrected chi connectivity index (χ1v) is 4.79. The smallest absolute Gasteiger partial charge is 0.0457 e. The standard InChI is InChI=1S/C11H15N3/c1-13-7-10(12)9-6-14-11-5-3-2-4-8(9)11/h2-6,10,13-14H,7,12H2,1H3. The summed E-state index contributed by atoms with van der Waals surface area (Å²) in [6.45, 7) is 0.793. The van der Waals surface area contributed by atoms with E-state index in [0.717, 1.165) is 12.1 Å². The summed E-state index contributed by atoms with van der Waals surface area (Å²) in [4.78, 5) is 3.22. The fourth-order valence-electron chi connectivity index (χ4n) is 1.73. The molecule has 0 aliphatic heterocycles. The maximum absolute atomic E-state index is 6.03. The van der Waals surface area contributed by atoms with Gasteiger partial charge in [-0.3, -0.25) is 0 Å². The Labute approximate surface area is 83.3 Å². The van der Waals surface area contributed by atoms with E-state index in [9.17, 15) is 0 Å². The van der Waals surface area contributed by atoms with Gasteiger partial charge in [-0.1, -0.05) is 18.2 Å². The molecule has 1 atom stereocenters. The fraction of sp³-hybridized carbons (Fsp3) is 0.273. The molecule has 0 radical (unpaired) electrons. The Bertz CT molecular complexity index is 419. The molecule has 2 aromatic rings. The lowest BCUT2D eigenvalue weighted by Crippen LogP contribution is -2.23. The Morgan fingerprint density at radius 2 is 2.21 bits per heavy atom. The number of likely N-dealkylation sites (N-methyl/N-ethyl adjacent to an activating group) is 1. The van der Waals surface area contributed by atoms with Crippen LogP contribution in [-0.2, 0) is 0 Å². The molecular formula is C11H15N3. The van der Waals surface area contributed by atoms with Crippen molar-refractivity contribution in [2.75, 3.05) is 13.6 Å². The summed E-state index contributed by atoms with van der Waals surface area (Å²) >= 11 is 0. The van der Waals surface area contributed by atoms with E-state index in [4.69, 9.17) is 5.73 Å². The number of hydrogen-bond acceptors (Lipinski definition) is 2. The minimum atomic E-state index is 0.0520. The van der Waals surface area contributed by atoms with Crippen molar-refractivity contribution in [1.82, 2.24) is 10.3 Å². The van der Waals surface area contributed by atoms with E-state index in [1.54, 1.807) is 0 Å². The number of nitrogens with one attached hydrogen (secondary N) is 2. The van der Waals surface area contributed by atoms with Gasteiger partial charge in [-0.2, -0.15) is 0 Å². The van der Waals surface area contributed by atoms with E-state index in [2.05, 4.69) is 22.4 Å². The van der Waals surface area contributed by atoms with Crippen LogP contribution in [0.3, 0.4) is 0 Å². The van der Waals surface area contributed by atoms with Crippen LogP contribution in [0.5, 0.6) is 0 Å². The van der Waals surface area contributed by atoms with Crippen molar-refractivity contribution in [3.8, 4) is 0 Å². The molecule has 1 aromatic carbocycles. The SMILES string of the molecule is CNCC(N)c1c[nH]c2ccccc12. The summed E-state index contributed by atoms with van der Waals surface area (Å²) < 4.78 is 0. The average molecular weight is 189 g/mol. The molecule has 0 aliphatic carbocycles. The van der Waals surface area contributed by atoms with Gasteiger partial charge in [-0.15, -0.1) is 0 Å². The predicted octanol–water partition coefficient (Wildman–Crippen LogP) is 1.39. The van der Waals surface area contributed by atoms with E-state index in [1.807, 2.05) is 25.4 Å². The van der Waals surface area contributed by atoms with Crippen LogP contribution in [-0.4, -0.2) is 18.6 Å². The van der Waals surface area contributed by atoms with Crippen LogP contribution >= 0.6 is 0 Å². The summed E-state index contributed by atoms with van der Waals surface area (Å²) in [5, 5.41) is 4.30. The summed E-state index contributed by atoms with van der Waals surface area (Å²) in [7, 11) is 1.91. The van der Waals surface area contributed by atoms with Gasteiger partial charge >= 0.3 is 0 Å². The van der Waals surface area contributed by atoms with Crippen molar-refractivity contribution in [2.24, 2.45) is 5.73 Å². The summed E-state index contributed by atoms with van der Waals surface area (Å²) in [5.41, 5.74) is 8.36. The highest BCUT2D eigenvalue weighted by Gasteiger charge is 2.09. The maximum Gasteiger partial charge on any atom is 0.0457 e. The molecular weight excluding hydrogens is 174 g/mol. The normalized spacial score (nSPS) is 13.3. The molecule has 0 bridgehead atoms. The number of para-hydroxylation sites is 1. The zero-order chi connectivity index (χ0) is 9.97. The van der Waals surface area contributed by atoms with E-state index in [1.165, 1.54) is 10.9 Å². The topological polar surface area (TPSA) is 53.8 Å². The van der Waals surface area contributed by atoms with Gasteiger partial charge in [0.25, 0.3) is 0 Å². The summed E-state index contributed by atoms with van der Waals surface area (Å²) in [5.74, 6) is 0.